The Balaban J connectivity index is 3.26. The van der Waals surface area contributed by atoms with Gasteiger partial charge in [0.15, 0.2) is 0 Å². The van der Waals surface area contributed by atoms with Crippen molar-refractivity contribution in [1.82, 2.24) is 0 Å². The number of aliphatic imine (C=N–C) groups is 1. The van der Waals surface area contributed by atoms with E-state index in [0.29, 0.717) is 0 Å². The molecule has 0 aromatic heterocycles. The van der Waals surface area contributed by atoms with Gasteiger partial charge in [-0.05, 0) is 32.0 Å². The van der Waals surface area contributed by atoms with Crippen molar-refractivity contribution in [3.8, 4) is 5.75 Å². The van der Waals surface area contributed by atoms with E-state index in [1.807, 2.05) is 0 Å². The number of alkyl halides is 4. The quantitative estimate of drug-likeness (QED) is 0.523. The zero-order valence-electron chi connectivity index (χ0n) is 10.5. The van der Waals surface area contributed by atoms with Crippen LogP contribution in [0.4, 0.5) is 18.9 Å². The molecule has 0 heterocycles. The van der Waals surface area contributed by atoms with Gasteiger partial charge in [0.1, 0.15) is 17.3 Å². The van der Waals surface area contributed by atoms with Gasteiger partial charge in [0.05, 0.1) is 17.5 Å². The summed E-state index contributed by atoms with van der Waals surface area (Å²) in [6.45, 7) is 3.52. The summed E-state index contributed by atoms with van der Waals surface area (Å²) in [5.74, 6) is 0.183. The van der Waals surface area contributed by atoms with Crippen LogP contribution in [0, 0.1) is 0 Å². The SMILES string of the molecule is CC(C)Oc1ccc(C(F)(F)F)cc1N=C(N)CCl. The Morgan fingerprint density at radius 1 is 1.42 bits per heavy atom. The van der Waals surface area contributed by atoms with E-state index in [0.717, 1.165) is 12.1 Å². The smallest absolute Gasteiger partial charge is 0.416 e. The van der Waals surface area contributed by atoms with Crippen LogP contribution in [0.3, 0.4) is 0 Å². The number of ether oxygens (including phenoxy) is 1. The minimum atomic E-state index is -4.45. The number of halogens is 4. The van der Waals surface area contributed by atoms with Gasteiger partial charge in [-0.3, -0.25) is 0 Å². The van der Waals surface area contributed by atoms with Crippen molar-refractivity contribution >= 4 is 23.1 Å². The van der Waals surface area contributed by atoms with Gasteiger partial charge in [0.2, 0.25) is 0 Å². The van der Waals surface area contributed by atoms with E-state index in [2.05, 4.69) is 4.99 Å². The van der Waals surface area contributed by atoms with Crippen LogP contribution in [-0.4, -0.2) is 17.8 Å². The third-order valence-electron chi connectivity index (χ3n) is 2.05. The molecule has 106 valence electrons. The molecule has 1 rings (SSSR count). The second-order valence-corrected chi connectivity index (χ2v) is 4.35. The molecule has 0 fully saturated rings. The fourth-order valence-corrected chi connectivity index (χ4v) is 1.38. The van der Waals surface area contributed by atoms with Crippen LogP contribution in [0.2, 0.25) is 0 Å². The number of amidine groups is 1. The highest BCUT2D eigenvalue weighted by Gasteiger charge is 2.31. The van der Waals surface area contributed by atoms with Crippen LogP contribution in [0.1, 0.15) is 19.4 Å². The molecule has 3 nitrogen and oxygen atoms in total. The molecular formula is C12H14ClF3N2O. The van der Waals surface area contributed by atoms with Gasteiger partial charge in [-0.25, -0.2) is 4.99 Å². The molecule has 1 aromatic carbocycles. The zero-order valence-corrected chi connectivity index (χ0v) is 11.2. The topological polar surface area (TPSA) is 47.6 Å². The van der Waals surface area contributed by atoms with E-state index in [9.17, 15) is 13.2 Å². The number of benzene rings is 1. The number of hydrogen-bond donors (Lipinski definition) is 1. The summed E-state index contributed by atoms with van der Waals surface area (Å²) in [5.41, 5.74) is 4.65. The maximum absolute atomic E-state index is 12.6. The molecule has 0 aliphatic rings. The van der Waals surface area contributed by atoms with E-state index in [1.54, 1.807) is 13.8 Å². The number of nitrogens with zero attached hydrogens (tertiary/aromatic N) is 1. The lowest BCUT2D eigenvalue weighted by molar-refractivity contribution is -0.137. The minimum absolute atomic E-state index is 0.0154. The van der Waals surface area contributed by atoms with E-state index in [-0.39, 0.29) is 29.3 Å². The Bertz CT molecular complexity index is 473. The van der Waals surface area contributed by atoms with Crippen molar-refractivity contribution in [2.45, 2.75) is 26.1 Å². The molecule has 0 spiro atoms. The van der Waals surface area contributed by atoms with Gasteiger partial charge >= 0.3 is 6.18 Å². The first-order valence-electron chi connectivity index (χ1n) is 5.51. The standard InChI is InChI=1S/C12H14ClF3N2O/c1-7(2)19-10-4-3-8(12(14,15)16)5-9(10)18-11(17)6-13/h3-5,7H,6H2,1-2H3,(H2,17,18). The summed E-state index contributed by atoms with van der Waals surface area (Å²) in [4.78, 5) is 3.84. The zero-order chi connectivity index (χ0) is 14.6. The van der Waals surface area contributed by atoms with E-state index < -0.39 is 11.7 Å². The first-order valence-corrected chi connectivity index (χ1v) is 6.04. The first kappa shape index (κ1) is 15.6. The molecule has 0 bridgehead atoms. The average molecular weight is 295 g/mol. The van der Waals surface area contributed by atoms with E-state index in [4.69, 9.17) is 22.1 Å². The second kappa shape index (κ2) is 6.14. The summed E-state index contributed by atoms with van der Waals surface area (Å²) >= 11 is 5.47. The van der Waals surface area contributed by atoms with Gasteiger partial charge in [-0.2, -0.15) is 13.2 Å². The Morgan fingerprint density at radius 2 is 2.05 bits per heavy atom. The number of hydrogen-bond acceptors (Lipinski definition) is 2. The molecular weight excluding hydrogens is 281 g/mol. The van der Waals surface area contributed by atoms with Crippen molar-refractivity contribution < 1.29 is 17.9 Å². The predicted octanol–water partition coefficient (Wildman–Crippen LogP) is 3.72. The van der Waals surface area contributed by atoms with E-state index >= 15 is 0 Å². The summed E-state index contributed by atoms with van der Waals surface area (Å²) in [6.07, 6.45) is -4.64. The van der Waals surface area contributed by atoms with E-state index in [1.165, 1.54) is 6.07 Å². The summed E-state index contributed by atoms with van der Waals surface area (Å²) in [5, 5.41) is 0. The van der Waals surface area contributed by atoms with Gasteiger partial charge < -0.3 is 10.5 Å². The van der Waals surface area contributed by atoms with Crippen LogP contribution in [0.15, 0.2) is 23.2 Å². The third-order valence-corrected chi connectivity index (χ3v) is 2.32. The van der Waals surface area contributed by atoms with Gasteiger partial charge in [0.25, 0.3) is 0 Å². The Kier molecular flexibility index (Phi) is 5.05. The second-order valence-electron chi connectivity index (χ2n) is 4.08. The van der Waals surface area contributed by atoms with Gasteiger partial charge in [-0.15, -0.1) is 11.6 Å². The van der Waals surface area contributed by atoms with Crippen LogP contribution < -0.4 is 10.5 Å². The largest absolute Gasteiger partial charge is 0.489 e. The van der Waals surface area contributed by atoms with Crippen molar-refractivity contribution in [3.05, 3.63) is 23.8 Å². The fraction of sp³-hybridized carbons (Fsp3) is 0.417. The lowest BCUT2D eigenvalue weighted by atomic mass is 10.2. The molecule has 7 heteroatoms. The molecule has 19 heavy (non-hydrogen) atoms. The maximum Gasteiger partial charge on any atom is 0.416 e. The first-order chi connectivity index (χ1) is 8.74. The summed E-state index contributed by atoms with van der Waals surface area (Å²) < 4.78 is 43.3. The monoisotopic (exact) mass is 294 g/mol. The highest BCUT2D eigenvalue weighted by Crippen LogP contribution is 2.36. The van der Waals surface area contributed by atoms with Crippen molar-refractivity contribution in [3.63, 3.8) is 0 Å². The molecule has 0 radical (unpaired) electrons. The van der Waals surface area contributed by atoms with Crippen LogP contribution >= 0.6 is 11.6 Å². The molecule has 0 atom stereocenters. The Hall–Kier alpha value is -1.43. The number of rotatable bonds is 4. The van der Waals surface area contributed by atoms with Crippen LogP contribution in [0.5, 0.6) is 5.75 Å². The third kappa shape index (κ3) is 4.63. The lowest BCUT2D eigenvalue weighted by Gasteiger charge is -2.14. The average Bonchev–Trinajstić information content (AvgIpc) is 2.29. The summed E-state index contributed by atoms with van der Waals surface area (Å²) in [6, 6.07) is 3.05. The van der Waals surface area contributed by atoms with Crippen LogP contribution in [0.25, 0.3) is 0 Å². The normalized spacial score (nSPS) is 12.9. The minimum Gasteiger partial charge on any atom is -0.489 e. The highest BCUT2D eigenvalue weighted by molar-refractivity contribution is 6.28. The molecule has 0 amide bonds. The van der Waals surface area contributed by atoms with Crippen molar-refractivity contribution in [1.29, 1.82) is 0 Å². The molecule has 2 N–H and O–H groups in total. The molecule has 0 saturated heterocycles. The lowest BCUT2D eigenvalue weighted by Crippen LogP contribution is -2.13. The highest BCUT2D eigenvalue weighted by atomic mass is 35.5. The van der Waals surface area contributed by atoms with Crippen LogP contribution in [-0.2, 0) is 6.18 Å². The molecule has 0 aliphatic heterocycles. The van der Waals surface area contributed by atoms with Gasteiger partial charge in [0, 0.05) is 0 Å². The number of nitrogens with two attached hydrogens (primary N) is 1. The molecule has 0 saturated carbocycles. The maximum atomic E-state index is 12.6. The molecule has 0 unspecified atom stereocenters. The molecule has 1 aromatic rings. The van der Waals surface area contributed by atoms with Crippen molar-refractivity contribution in [2.75, 3.05) is 5.88 Å². The molecule has 0 aliphatic carbocycles. The Labute approximate surface area is 114 Å². The fourth-order valence-electron chi connectivity index (χ4n) is 1.32. The van der Waals surface area contributed by atoms with Crippen molar-refractivity contribution in [2.24, 2.45) is 10.7 Å². The predicted molar refractivity (Wildman–Crippen MR) is 69.2 cm³/mol. The summed E-state index contributed by atoms with van der Waals surface area (Å²) in [7, 11) is 0. The van der Waals surface area contributed by atoms with Gasteiger partial charge in [-0.1, -0.05) is 0 Å². The Morgan fingerprint density at radius 3 is 2.53 bits per heavy atom.